The minimum atomic E-state index is -2.02. The summed E-state index contributed by atoms with van der Waals surface area (Å²) in [6.45, 7) is 26.0. The standard InChI is InChI=1S/C43H66O10Si2/c1-30(31(2)53-55(13,14)42(3,4)5)23-24-35(50-40(44)32-19-16-15-17-20-32)39-36(51-43(6,7)52-39)22-18-21-33-27-34(47-9)28-37(49-29-46-8)38(33)41(45)48-25-26-54(10,11)12/h15-21,23-24,27-28,30-31,35-36,39H,22,25-26,29H2,1-14H3/t30-,31+,35?,36-,39+/m0/s1. The van der Waals surface area contributed by atoms with E-state index >= 15 is 0 Å². The van der Waals surface area contributed by atoms with Crippen LogP contribution in [0.25, 0.3) is 6.08 Å². The molecule has 0 N–H and O–H groups in total. The fourth-order valence-corrected chi connectivity index (χ4v) is 7.87. The first kappa shape index (κ1) is 46.1. The largest absolute Gasteiger partial charge is 0.497 e. The van der Waals surface area contributed by atoms with Crippen LogP contribution in [0.4, 0.5) is 0 Å². The van der Waals surface area contributed by atoms with Crippen molar-refractivity contribution in [3.63, 3.8) is 0 Å². The van der Waals surface area contributed by atoms with Gasteiger partial charge in [0, 0.05) is 27.4 Å². The lowest BCUT2D eigenvalue weighted by atomic mass is 9.99. The predicted molar refractivity (Wildman–Crippen MR) is 223 cm³/mol. The maximum atomic E-state index is 13.6. The van der Waals surface area contributed by atoms with Crippen molar-refractivity contribution in [2.45, 2.75) is 129 Å². The van der Waals surface area contributed by atoms with Gasteiger partial charge in [0.2, 0.25) is 0 Å². The van der Waals surface area contributed by atoms with E-state index in [2.05, 4.69) is 67.4 Å². The fourth-order valence-electron chi connectivity index (χ4n) is 5.66. The molecule has 0 amide bonds. The molecule has 1 heterocycles. The second kappa shape index (κ2) is 19.7. The number of esters is 2. The number of rotatable bonds is 19. The van der Waals surface area contributed by atoms with Gasteiger partial charge in [-0.1, -0.05) is 83.8 Å². The SMILES string of the molecule is COCOc1cc(OC)cc(C=CC[C@@H]2OC(C)(C)O[C@@H]2C(C=C[C@H](C)[C@@H](C)O[Si](C)(C)C(C)(C)C)OC(=O)c2ccccc2)c1C(=O)OCC[Si](C)(C)C. The topological polar surface area (TPSA) is 108 Å². The van der Waals surface area contributed by atoms with E-state index in [9.17, 15) is 9.59 Å². The molecular weight excluding hydrogens is 733 g/mol. The average molecular weight is 799 g/mol. The van der Waals surface area contributed by atoms with Gasteiger partial charge in [-0.25, -0.2) is 9.59 Å². The molecule has 55 heavy (non-hydrogen) atoms. The number of hydrogen-bond donors (Lipinski definition) is 0. The molecule has 1 fully saturated rings. The van der Waals surface area contributed by atoms with E-state index in [4.69, 9.17) is 37.6 Å². The van der Waals surface area contributed by atoms with Gasteiger partial charge in [-0.3, -0.25) is 0 Å². The zero-order valence-corrected chi connectivity index (χ0v) is 37.6. The van der Waals surface area contributed by atoms with E-state index in [1.165, 1.54) is 7.11 Å². The Morgan fingerprint density at radius 3 is 2.22 bits per heavy atom. The van der Waals surface area contributed by atoms with Crippen LogP contribution >= 0.6 is 0 Å². The molecular formula is C43H66O10Si2. The van der Waals surface area contributed by atoms with E-state index in [1.807, 2.05) is 44.2 Å². The molecule has 306 valence electrons. The summed E-state index contributed by atoms with van der Waals surface area (Å²) in [6, 6.07) is 13.1. The van der Waals surface area contributed by atoms with Gasteiger partial charge >= 0.3 is 11.9 Å². The minimum absolute atomic E-state index is 0.0206. The summed E-state index contributed by atoms with van der Waals surface area (Å²) < 4.78 is 48.1. The smallest absolute Gasteiger partial charge is 0.342 e. The van der Waals surface area contributed by atoms with Crippen LogP contribution in [0.15, 0.2) is 60.7 Å². The zero-order valence-electron chi connectivity index (χ0n) is 35.6. The lowest BCUT2D eigenvalue weighted by Crippen LogP contribution is -2.44. The first-order valence-corrected chi connectivity index (χ1v) is 25.8. The molecule has 0 spiro atoms. The average Bonchev–Trinajstić information content (AvgIpc) is 3.41. The van der Waals surface area contributed by atoms with Gasteiger partial charge in [-0.15, -0.1) is 0 Å². The third-order valence-corrected chi connectivity index (χ3v) is 16.3. The number of hydrogen-bond acceptors (Lipinski definition) is 10. The summed E-state index contributed by atoms with van der Waals surface area (Å²) in [6.07, 6.45) is 6.05. The maximum Gasteiger partial charge on any atom is 0.342 e. The Hall–Kier alpha value is -3.27. The molecule has 2 aromatic rings. The number of carbonyl (C=O) groups is 2. The summed E-state index contributed by atoms with van der Waals surface area (Å²) >= 11 is 0. The van der Waals surface area contributed by atoms with Crippen molar-refractivity contribution in [1.29, 1.82) is 0 Å². The third kappa shape index (κ3) is 14.0. The quantitative estimate of drug-likeness (QED) is 0.0590. The Morgan fingerprint density at radius 2 is 1.62 bits per heavy atom. The fraction of sp³-hybridized carbons (Fsp3) is 0.581. The number of benzene rings is 2. The van der Waals surface area contributed by atoms with E-state index in [1.54, 1.807) is 43.5 Å². The van der Waals surface area contributed by atoms with Gasteiger partial charge in [0.25, 0.3) is 0 Å². The van der Waals surface area contributed by atoms with Crippen LogP contribution in [0, 0.1) is 5.92 Å². The molecule has 1 aliphatic heterocycles. The first-order chi connectivity index (χ1) is 25.6. The highest BCUT2D eigenvalue weighted by Crippen LogP contribution is 2.39. The second-order valence-electron chi connectivity index (χ2n) is 17.4. The van der Waals surface area contributed by atoms with Crippen LogP contribution < -0.4 is 9.47 Å². The van der Waals surface area contributed by atoms with Gasteiger partial charge in [0.1, 0.15) is 29.3 Å². The molecule has 10 nitrogen and oxygen atoms in total. The van der Waals surface area contributed by atoms with E-state index in [0.717, 1.165) is 6.04 Å². The summed E-state index contributed by atoms with van der Waals surface area (Å²) in [5.74, 6) is -1.10. The molecule has 0 aliphatic carbocycles. The summed E-state index contributed by atoms with van der Waals surface area (Å²) in [7, 11) is -0.400. The van der Waals surface area contributed by atoms with Gasteiger partial charge in [-0.2, -0.15) is 0 Å². The molecule has 0 bridgehead atoms. The van der Waals surface area contributed by atoms with Gasteiger partial charge in [0.05, 0.1) is 25.4 Å². The van der Waals surface area contributed by atoms with Crippen molar-refractivity contribution >= 4 is 34.4 Å². The minimum Gasteiger partial charge on any atom is -0.497 e. The van der Waals surface area contributed by atoms with Crippen molar-refractivity contribution in [1.82, 2.24) is 0 Å². The Morgan fingerprint density at radius 1 is 0.945 bits per heavy atom. The number of carbonyl (C=O) groups excluding carboxylic acids is 2. The van der Waals surface area contributed by atoms with Gasteiger partial charge < -0.3 is 37.6 Å². The molecule has 0 saturated carbocycles. The van der Waals surface area contributed by atoms with Crippen LogP contribution in [0.2, 0.25) is 43.8 Å². The summed E-state index contributed by atoms with van der Waals surface area (Å²) in [4.78, 5) is 27.1. The Bertz CT molecular complexity index is 1610. The van der Waals surface area contributed by atoms with Gasteiger partial charge in [0.15, 0.2) is 20.9 Å². The molecule has 1 unspecified atom stereocenters. The van der Waals surface area contributed by atoms with Crippen LogP contribution in [0.5, 0.6) is 11.5 Å². The van der Waals surface area contributed by atoms with Crippen LogP contribution in [0.3, 0.4) is 0 Å². The lowest BCUT2D eigenvalue weighted by Gasteiger charge is -2.39. The first-order valence-electron chi connectivity index (χ1n) is 19.2. The molecule has 0 radical (unpaired) electrons. The zero-order chi connectivity index (χ0) is 41.2. The highest BCUT2D eigenvalue weighted by atomic mass is 28.4. The Kier molecular flexibility index (Phi) is 16.6. The van der Waals surface area contributed by atoms with Crippen molar-refractivity contribution in [2.75, 3.05) is 27.6 Å². The Balaban J connectivity index is 1.97. The summed E-state index contributed by atoms with van der Waals surface area (Å²) in [5, 5.41) is 0.0674. The molecule has 1 saturated heterocycles. The van der Waals surface area contributed by atoms with Crippen molar-refractivity contribution in [3.8, 4) is 11.5 Å². The van der Waals surface area contributed by atoms with Crippen molar-refractivity contribution in [3.05, 3.63) is 77.4 Å². The molecule has 2 aromatic carbocycles. The van der Waals surface area contributed by atoms with Crippen molar-refractivity contribution in [2.24, 2.45) is 5.92 Å². The van der Waals surface area contributed by atoms with Gasteiger partial charge in [-0.05, 0) is 87.1 Å². The van der Waals surface area contributed by atoms with Crippen molar-refractivity contribution < 1.29 is 47.2 Å². The van der Waals surface area contributed by atoms with E-state index < -0.39 is 52.4 Å². The highest BCUT2D eigenvalue weighted by Gasteiger charge is 2.46. The second-order valence-corrected chi connectivity index (χ2v) is 27.8. The molecule has 12 heteroatoms. The maximum absolute atomic E-state index is 13.6. The molecule has 3 rings (SSSR count). The summed E-state index contributed by atoms with van der Waals surface area (Å²) in [5.41, 5.74) is 1.26. The van der Waals surface area contributed by atoms with E-state index in [0.29, 0.717) is 29.9 Å². The number of ether oxygens (including phenoxy) is 7. The van der Waals surface area contributed by atoms with Crippen LogP contribution in [-0.4, -0.2) is 86.2 Å². The van der Waals surface area contributed by atoms with Crippen LogP contribution in [0.1, 0.15) is 81.2 Å². The predicted octanol–water partition coefficient (Wildman–Crippen LogP) is 9.92. The molecule has 0 aromatic heterocycles. The Labute approximate surface area is 332 Å². The third-order valence-electron chi connectivity index (χ3n) is 10.1. The van der Waals surface area contributed by atoms with E-state index in [-0.39, 0.29) is 35.2 Å². The monoisotopic (exact) mass is 798 g/mol. The normalized spacial score (nSPS) is 19.3. The number of methoxy groups -OCH3 is 2. The lowest BCUT2D eigenvalue weighted by molar-refractivity contribution is -0.152. The highest BCUT2D eigenvalue weighted by molar-refractivity contribution is 6.76. The molecule has 5 atom stereocenters. The molecule has 1 aliphatic rings. The van der Waals surface area contributed by atoms with Crippen LogP contribution in [-0.2, 0) is 28.1 Å².